The molecule has 15 heavy (non-hydrogen) atoms. The van der Waals surface area contributed by atoms with Gasteiger partial charge in [0.15, 0.2) is 0 Å². The van der Waals surface area contributed by atoms with Crippen molar-refractivity contribution in [3.63, 3.8) is 0 Å². The fourth-order valence-corrected chi connectivity index (χ4v) is 1.50. The van der Waals surface area contributed by atoms with Crippen LogP contribution in [0.4, 0.5) is 0 Å². The second-order valence-corrected chi connectivity index (χ2v) is 3.92. The molecule has 3 N–H and O–H groups in total. The van der Waals surface area contributed by atoms with E-state index in [0.717, 1.165) is 24.4 Å². The predicted molar refractivity (Wildman–Crippen MR) is 62.8 cm³/mol. The average molecular weight is 210 g/mol. The van der Waals surface area contributed by atoms with Gasteiger partial charge in [-0.25, -0.2) is 0 Å². The summed E-state index contributed by atoms with van der Waals surface area (Å²) in [5, 5.41) is 3.45. The Balaban J connectivity index is 2.65. The lowest BCUT2D eigenvalue weighted by Crippen LogP contribution is -2.34. The van der Waals surface area contributed by atoms with Crippen molar-refractivity contribution >= 4 is 0 Å². The fraction of sp³-hybridized carbons (Fsp3) is 0.667. The molecule has 0 amide bonds. The Morgan fingerprint density at radius 2 is 2.13 bits per heavy atom. The van der Waals surface area contributed by atoms with Crippen molar-refractivity contribution in [1.82, 2.24) is 5.32 Å². The Kier molecular flexibility index (Phi) is 4.85. The van der Waals surface area contributed by atoms with Gasteiger partial charge in [0.2, 0.25) is 0 Å². The smallest absolute Gasteiger partial charge is 0.122 e. The third-order valence-electron chi connectivity index (χ3n) is 2.71. The highest BCUT2D eigenvalue weighted by Gasteiger charge is 2.15. The molecule has 0 radical (unpaired) electrons. The van der Waals surface area contributed by atoms with Gasteiger partial charge in [-0.1, -0.05) is 13.8 Å². The number of hydrogen-bond donors (Lipinski definition) is 2. The molecule has 3 nitrogen and oxygen atoms in total. The monoisotopic (exact) mass is 210 g/mol. The Bertz CT molecular complexity index is 283. The standard InChI is InChI=1S/C12H22N2O/c1-4-9(3)14-11(8-13)12-7-6-10(5-2)15-12/h6-7,9,11,14H,4-5,8,13H2,1-3H3. The molecule has 1 heterocycles. The zero-order chi connectivity index (χ0) is 11.3. The molecule has 86 valence electrons. The number of nitrogens with one attached hydrogen (secondary N) is 1. The molecular formula is C12H22N2O. The van der Waals surface area contributed by atoms with Gasteiger partial charge < -0.3 is 15.5 Å². The molecule has 0 aliphatic carbocycles. The number of rotatable bonds is 6. The first-order valence-corrected chi connectivity index (χ1v) is 5.75. The van der Waals surface area contributed by atoms with E-state index in [9.17, 15) is 0 Å². The zero-order valence-corrected chi connectivity index (χ0v) is 9.92. The van der Waals surface area contributed by atoms with Crippen LogP contribution in [0.2, 0.25) is 0 Å². The molecule has 0 saturated heterocycles. The highest BCUT2D eigenvalue weighted by atomic mass is 16.3. The van der Waals surface area contributed by atoms with E-state index in [2.05, 4.69) is 26.1 Å². The minimum atomic E-state index is 0.139. The van der Waals surface area contributed by atoms with Gasteiger partial charge in [0.05, 0.1) is 6.04 Å². The van der Waals surface area contributed by atoms with Crippen molar-refractivity contribution in [3.8, 4) is 0 Å². The van der Waals surface area contributed by atoms with E-state index in [4.69, 9.17) is 10.2 Å². The molecule has 0 aliphatic rings. The van der Waals surface area contributed by atoms with Crippen molar-refractivity contribution in [1.29, 1.82) is 0 Å². The van der Waals surface area contributed by atoms with Gasteiger partial charge in [0.1, 0.15) is 11.5 Å². The SMILES string of the molecule is CCc1ccc(C(CN)NC(C)CC)o1. The molecule has 3 heteroatoms. The molecule has 0 aromatic carbocycles. The summed E-state index contributed by atoms with van der Waals surface area (Å²) in [6.45, 7) is 6.97. The van der Waals surface area contributed by atoms with Gasteiger partial charge >= 0.3 is 0 Å². The summed E-state index contributed by atoms with van der Waals surface area (Å²) < 4.78 is 5.69. The summed E-state index contributed by atoms with van der Waals surface area (Å²) in [5.41, 5.74) is 5.74. The number of hydrogen-bond acceptors (Lipinski definition) is 3. The van der Waals surface area contributed by atoms with Gasteiger partial charge in [-0.05, 0) is 25.5 Å². The van der Waals surface area contributed by atoms with Crippen molar-refractivity contribution in [2.75, 3.05) is 6.54 Å². The number of furan rings is 1. The van der Waals surface area contributed by atoms with E-state index >= 15 is 0 Å². The second-order valence-electron chi connectivity index (χ2n) is 3.92. The van der Waals surface area contributed by atoms with Crippen molar-refractivity contribution in [3.05, 3.63) is 23.7 Å². The van der Waals surface area contributed by atoms with Crippen molar-refractivity contribution < 1.29 is 4.42 Å². The third kappa shape index (κ3) is 3.36. The van der Waals surface area contributed by atoms with E-state index < -0.39 is 0 Å². The van der Waals surface area contributed by atoms with E-state index in [1.807, 2.05) is 12.1 Å². The van der Waals surface area contributed by atoms with Crippen LogP contribution in [-0.2, 0) is 6.42 Å². The van der Waals surface area contributed by atoms with Gasteiger partial charge in [0.25, 0.3) is 0 Å². The van der Waals surface area contributed by atoms with Crippen LogP contribution in [0.3, 0.4) is 0 Å². The Hall–Kier alpha value is -0.800. The van der Waals surface area contributed by atoms with Crippen LogP contribution >= 0.6 is 0 Å². The highest BCUT2D eigenvalue weighted by Crippen LogP contribution is 2.17. The van der Waals surface area contributed by atoms with Gasteiger partial charge in [0, 0.05) is 19.0 Å². The normalized spacial score (nSPS) is 15.2. The topological polar surface area (TPSA) is 51.2 Å². The Morgan fingerprint density at radius 1 is 1.40 bits per heavy atom. The maximum absolute atomic E-state index is 5.74. The van der Waals surface area contributed by atoms with Crippen LogP contribution in [0, 0.1) is 0 Å². The summed E-state index contributed by atoms with van der Waals surface area (Å²) in [6.07, 6.45) is 2.03. The molecule has 2 unspecified atom stereocenters. The van der Waals surface area contributed by atoms with E-state index in [1.165, 1.54) is 0 Å². The van der Waals surface area contributed by atoms with Crippen LogP contribution in [0.15, 0.2) is 16.5 Å². The molecule has 0 spiro atoms. The van der Waals surface area contributed by atoms with Gasteiger partial charge in [-0.15, -0.1) is 0 Å². The van der Waals surface area contributed by atoms with Crippen molar-refractivity contribution in [2.45, 2.75) is 45.7 Å². The highest BCUT2D eigenvalue weighted by molar-refractivity contribution is 5.11. The fourth-order valence-electron chi connectivity index (χ4n) is 1.50. The molecular weight excluding hydrogens is 188 g/mol. The summed E-state index contributed by atoms with van der Waals surface area (Å²) in [6, 6.07) is 4.65. The molecule has 0 aliphatic heterocycles. The van der Waals surface area contributed by atoms with Crippen LogP contribution in [0.1, 0.15) is 44.8 Å². The van der Waals surface area contributed by atoms with Gasteiger partial charge in [-0.2, -0.15) is 0 Å². The third-order valence-corrected chi connectivity index (χ3v) is 2.71. The summed E-state index contributed by atoms with van der Waals surface area (Å²) in [7, 11) is 0. The first-order chi connectivity index (χ1) is 7.21. The molecule has 1 aromatic heterocycles. The molecule has 0 bridgehead atoms. The lowest BCUT2D eigenvalue weighted by molar-refractivity contribution is 0.368. The summed E-state index contributed by atoms with van der Waals surface area (Å²) in [5.74, 6) is 1.98. The second kappa shape index (κ2) is 5.93. The van der Waals surface area contributed by atoms with E-state index in [-0.39, 0.29) is 6.04 Å². The molecule has 1 rings (SSSR count). The first kappa shape index (κ1) is 12.3. The lowest BCUT2D eigenvalue weighted by atomic mass is 10.1. The lowest BCUT2D eigenvalue weighted by Gasteiger charge is -2.19. The minimum absolute atomic E-state index is 0.139. The van der Waals surface area contributed by atoms with E-state index in [1.54, 1.807) is 0 Å². The Labute approximate surface area is 92.0 Å². The maximum Gasteiger partial charge on any atom is 0.122 e. The molecule has 0 saturated carbocycles. The zero-order valence-electron chi connectivity index (χ0n) is 9.92. The average Bonchev–Trinajstić information content (AvgIpc) is 2.73. The largest absolute Gasteiger partial charge is 0.464 e. The van der Waals surface area contributed by atoms with Crippen molar-refractivity contribution in [2.24, 2.45) is 5.73 Å². The van der Waals surface area contributed by atoms with E-state index in [0.29, 0.717) is 12.6 Å². The maximum atomic E-state index is 5.74. The molecule has 2 atom stereocenters. The van der Waals surface area contributed by atoms with Crippen LogP contribution in [-0.4, -0.2) is 12.6 Å². The Morgan fingerprint density at radius 3 is 2.60 bits per heavy atom. The predicted octanol–water partition coefficient (Wildman–Crippen LogP) is 2.23. The van der Waals surface area contributed by atoms with Crippen LogP contribution < -0.4 is 11.1 Å². The first-order valence-electron chi connectivity index (χ1n) is 5.75. The molecule has 1 aromatic rings. The van der Waals surface area contributed by atoms with Crippen LogP contribution in [0.5, 0.6) is 0 Å². The number of nitrogens with two attached hydrogens (primary N) is 1. The van der Waals surface area contributed by atoms with Crippen LogP contribution in [0.25, 0.3) is 0 Å². The molecule has 0 fully saturated rings. The summed E-state index contributed by atoms with van der Waals surface area (Å²) >= 11 is 0. The van der Waals surface area contributed by atoms with Gasteiger partial charge in [-0.3, -0.25) is 0 Å². The summed E-state index contributed by atoms with van der Waals surface area (Å²) in [4.78, 5) is 0. The quantitative estimate of drug-likeness (QED) is 0.757. The number of aryl methyl sites for hydroxylation is 1. The minimum Gasteiger partial charge on any atom is -0.464 e.